The molecule has 102 valence electrons. The molecule has 0 aromatic heterocycles. The highest BCUT2D eigenvalue weighted by Crippen LogP contribution is 2.49. The molecule has 3 heteroatoms. The molecule has 2 fully saturated rings. The number of rotatable bonds is 5. The van der Waals surface area contributed by atoms with Crippen LogP contribution in [0.25, 0.3) is 0 Å². The van der Waals surface area contributed by atoms with Gasteiger partial charge in [-0.25, -0.2) is 0 Å². The molecule has 2 aliphatic carbocycles. The van der Waals surface area contributed by atoms with Crippen LogP contribution in [0.3, 0.4) is 0 Å². The SMILES string of the molecule is O=C(C1CC1c1ccccc1)N(CCCl)C1CCC1. The maximum atomic E-state index is 12.6. The van der Waals surface area contributed by atoms with Crippen LogP contribution in [0.2, 0.25) is 0 Å². The van der Waals surface area contributed by atoms with Crippen molar-refractivity contribution in [1.82, 2.24) is 4.90 Å². The van der Waals surface area contributed by atoms with Gasteiger partial charge in [0, 0.05) is 24.4 Å². The molecule has 0 aliphatic heterocycles. The van der Waals surface area contributed by atoms with E-state index in [0.29, 0.717) is 30.3 Å². The van der Waals surface area contributed by atoms with E-state index in [9.17, 15) is 4.79 Å². The van der Waals surface area contributed by atoms with Crippen LogP contribution in [0.4, 0.5) is 0 Å². The minimum atomic E-state index is 0.200. The zero-order valence-corrected chi connectivity index (χ0v) is 11.9. The average Bonchev–Trinajstić information content (AvgIpc) is 3.16. The summed E-state index contributed by atoms with van der Waals surface area (Å²) >= 11 is 5.85. The van der Waals surface area contributed by atoms with E-state index in [1.807, 2.05) is 11.0 Å². The maximum Gasteiger partial charge on any atom is 0.226 e. The maximum absolute atomic E-state index is 12.6. The first-order valence-corrected chi connectivity index (χ1v) is 7.76. The molecule has 0 heterocycles. The first-order valence-electron chi connectivity index (χ1n) is 7.22. The molecular formula is C16H20ClNO. The van der Waals surface area contributed by atoms with Gasteiger partial charge in [0.05, 0.1) is 0 Å². The number of hydrogen-bond acceptors (Lipinski definition) is 1. The number of hydrogen-bond donors (Lipinski definition) is 0. The lowest BCUT2D eigenvalue weighted by molar-refractivity contribution is -0.136. The van der Waals surface area contributed by atoms with Gasteiger partial charge >= 0.3 is 0 Å². The molecule has 0 radical (unpaired) electrons. The molecule has 19 heavy (non-hydrogen) atoms. The molecule has 0 bridgehead atoms. The fourth-order valence-corrected chi connectivity index (χ4v) is 3.19. The van der Waals surface area contributed by atoms with E-state index >= 15 is 0 Å². The lowest BCUT2D eigenvalue weighted by Crippen LogP contribution is -2.46. The molecule has 2 nitrogen and oxygen atoms in total. The molecule has 1 aromatic carbocycles. The topological polar surface area (TPSA) is 20.3 Å². The van der Waals surface area contributed by atoms with Gasteiger partial charge in [0.25, 0.3) is 0 Å². The Bertz CT molecular complexity index is 443. The first-order chi connectivity index (χ1) is 9.31. The summed E-state index contributed by atoms with van der Waals surface area (Å²) < 4.78 is 0. The Morgan fingerprint density at radius 2 is 2.00 bits per heavy atom. The first kappa shape index (κ1) is 13.0. The fourth-order valence-electron chi connectivity index (χ4n) is 3.01. The van der Waals surface area contributed by atoms with Crippen LogP contribution in [0, 0.1) is 5.92 Å². The Balaban J connectivity index is 1.64. The van der Waals surface area contributed by atoms with Crippen LogP contribution < -0.4 is 0 Å². The Morgan fingerprint density at radius 1 is 1.26 bits per heavy atom. The van der Waals surface area contributed by atoms with Crippen LogP contribution in [0.1, 0.15) is 37.2 Å². The molecule has 2 saturated carbocycles. The van der Waals surface area contributed by atoms with E-state index < -0.39 is 0 Å². The molecule has 2 unspecified atom stereocenters. The van der Waals surface area contributed by atoms with Crippen molar-refractivity contribution in [2.24, 2.45) is 5.92 Å². The molecule has 2 aliphatic rings. The highest BCUT2D eigenvalue weighted by Gasteiger charge is 2.47. The Labute approximate surface area is 119 Å². The van der Waals surface area contributed by atoms with E-state index in [1.165, 1.54) is 12.0 Å². The summed E-state index contributed by atoms with van der Waals surface area (Å²) in [6.45, 7) is 0.711. The summed E-state index contributed by atoms with van der Waals surface area (Å²) in [5, 5.41) is 0. The normalized spacial score (nSPS) is 25.7. The lowest BCUT2D eigenvalue weighted by atomic mass is 9.91. The zero-order valence-electron chi connectivity index (χ0n) is 11.1. The Morgan fingerprint density at radius 3 is 2.58 bits per heavy atom. The molecule has 0 saturated heterocycles. The number of benzene rings is 1. The van der Waals surface area contributed by atoms with Crippen molar-refractivity contribution >= 4 is 17.5 Å². The van der Waals surface area contributed by atoms with Gasteiger partial charge in [-0.05, 0) is 37.2 Å². The van der Waals surface area contributed by atoms with Crippen LogP contribution in [-0.2, 0) is 4.79 Å². The predicted molar refractivity (Wildman–Crippen MR) is 77.4 cm³/mol. The van der Waals surface area contributed by atoms with Gasteiger partial charge in [-0.2, -0.15) is 0 Å². The molecule has 1 amide bonds. The van der Waals surface area contributed by atoms with Crippen LogP contribution in [-0.4, -0.2) is 29.3 Å². The standard InChI is InChI=1S/C16H20ClNO/c17-9-10-18(13-7-4-8-13)16(19)15-11-14(15)12-5-2-1-3-6-12/h1-3,5-6,13-15H,4,7-11H2. The van der Waals surface area contributed by atoms with Gasteiger partial charge < -0.3 is 4.90 Å². The van der Waals surface area contributed by atoms with Gasteiger partial charge in [-0.15, -0.1) is 11.6 Å². The largest absolute Gasteiger partial charge is 0.338 e. The van der Waals surface area contributed by atoms with E-state index in [0.717, 1.165) is 19.3 Å². The fraction of sp³-hybridized carbons (Fsp3) is 0.562. The van der Waals surface area contributed by atoms with Crippen molar-refractivity contribution in [2.75, 3.05) is 12.4 Å². The number of alkyl halides is 1. The lowest BCUT2D eigenvalue weighted by Gasteiger charge is -2.37. The second kappa shape index (κ2) is 5.54. The van der Waals surface area contributed by atoms with Gasteiger partial charge in [0.2, 0.25) is 5.91 Å². The summed E-state index contributed by atoms with van der Waals surface area (Å²) in [6, 6.07) is 10.9. The highest BCUT2D eigenvalue weighted by atomic mass is 35.5. The van der Waals surface area contributed by atoms with Crippen LogP contribution >= 0.6 is 11.6 Å². The molecule has 2 atom stereocenters. The van der Waals surface area contributed by atoms with Crippen molar-refractivity contribution in [3.05, 3.63) is 35.9 Å². The monoisotopic (exact) mass is 277 g/mol. The van der Waals surface area contributed by atoms with Crippen molar-refractivity contribution in [3.8, 4) is 0 Å². The van der Waals surface area contributed by atoms with Crippen molar-refractivity contribution < 1.29 is 4.79 Å². The predicted octanol–water partition coefficient (Wildman–Crippen LogP) is 3.41. The summed E-state index contributed by atoms with van der Waals surface area (Å²) in [4.78, 5) is 14.6. The molecule has 1 aromatic rings. The molecule has 3 rings (SSSR count). The summed E-state index contributed by atoms with van der Waals surface area (Å²) in [5.41, 5.74) is 1.31. The Hall–Kier alpha value is -1.02. The molecular weight excluding hydrogens is 258 g/mol. The van der Waals surface area contributed by atoms with Crippen molar-refractivity contribution in [2.45, 2.75) is 37.6 Å². The van der Waals surface area contributed by atoms with Crippen molar-refractivity contribution in [3.63, 3.8) is 0 Å². The van der Waals surface area contributed by atoms with E-state index in [-0.39, 0.29) is 5.92 Å². The van der Waals surface area contributed by atoms with Crippen molar-refractivity contribution in [1.29, 1.82) is 0 Å². The zero-order chi connectivity index (χ0) is 13.2. The second-order valence-corrected chi connectivity index (χ2v) is 6.04. The third kappa shape index (κ3) is 2.64. The quantitative estimate of drug-likeness (QED) is 0.756. The van der Waals surface area contributed by atoms with E-state index in [2.05, 4.69) is 24.3 Å². The average molecular weight is 278 g/mol. The number of carbonyl (C=O) groups excluding carboxylic acids is 1. The van der Waals surface area contributed by atoms with Gasteiger partial charge in [0.1, 0.15) is 0 Å². The minimum Gasteiger partial charge on any atom is -0.338 e. The number of halogens is 1. The second-order valence-electron chi connectivity index (χ2n) is 5.66. The highest BCUT2D eigenvalue weighted by molar-refractivity contribution is 6.18. The third-order valence-corrected chi connectivity index (χ3v) is 4.63. The van der Waals surface area contributed by atoms with E-state index in [4.69, 9.17) is 11.6 Å². The van der Waals surface area contributed by atoms with E-state index in [1.54, 1.807) is 0 Å². The van der Waals surface area contributed by atoms with Gasteiger partial charge in [0.15, 0.2) is 0 Å². The third-order valence-electron chi connectivity index (χ3n) is 4.46. The summed E-state index contributed by atoms with van der Waals surface area (Å²) in [5.74, 6) is 1.52. The minimum absolute atomic E-state index is 0.200. The number of nitrogens with zero attached hydrogens (tertiary/aromatic N) is 1. The van der Waals surface area contributed by atoms with Crippen LogP contribution in [0.15, 0.2) is 30.3 Å². The number of amides is 1. The molecule has 0 spiro atoms. The van der Waals surface area contributed by atoms with Gasteiger partial charge in [-0.1, -0.05) is 30.3 Å². The summed E-state index contributed by atoms with van der Waals surface area (Å²) in [6.07, 6.45) is 4.58. The summed E-state index contributed by atoms with van der Waals surface area (Å²) in [7, 11) is 0. The Kier molecular flexibility index (Phi) is 3.79. The van der Waals surface area contributed by atoms with Gasteiger partial charge in [-0.3, -0.25) is 4.79 Å². The number of carbonyl (C=O) groups is 1. The molecule has 0 N–H and O–H groups in total. The van der Waals surface area contributed by atoms with Crippen LogP contribution in [0.5, 0.6) is 0 Å². The smallest absolute Gasteiger partial charge is 0.226 e.